The van der Waals surface area contributed by atoms with Crippen LogP contribution in [0.15, 0.2) is 48.5 Å². The van der Waals surface area contributed by atoms with Crippen LogP contribution in [0, 0.1) is 0 Å². The summed E-state index contributed by atoms with van der Waals surface area (Å²) >= 11 is -0.756. The van der Waals surface area contributed by atoms with Crippen LogP contribution in [0.5, 0.6) is 0 Å². The van der Waals surface area contributed by atoms with Crippen LogP contribution in [0.4, 0.5) is 0 Å². The second-order valence-corrected chi connectivity index (χ2v) is 7.77. The van der Waals surface area contributed by atoms with Crippen molar-refractivity contribution < 1.29 is 4.55 Å². The predicted molar refractivity (Wildman–Crippen MR) is 97.9 cm³/mol. The van der Waals surface area contributed by atoms with E-state index in [0.29, 0.717) is 0 Å². The quantitative estimate of drug-likeness (QED) is 0.680. The molecule has 0 saturated carbocycles. The highest BCUT2D eigenvalue weighted by atomic mass is 32.2. The number of para-hydroxylation sites is 2. The number of rotatable bonds is 4. The molecule has 1 fully saturated rings. The Morgan fingerprint density at radius 3 is 2.17 bits per heavy atom. The van der Waals surface area contributed by atoms with Crippen LogP contribution in [0.1, 0.15) is 19.3 Å². The van der Waals surface area contributed by atoms with Crippen molar-refractivity contribution in [3.63, 3.8) is 0 Å². The first-order valence-corrected chi connectivity index (χ1v) is 9.71. The van der Waals surface area contributed by atoms with Gasteiger partial charge in [0.15, 0.2) is 0 Å². The minimum Gasteiger partial charge on any atom is -0.598 e. The summed E-state index contributed by atoms with van der Waals surface area (Å²) in [5.41, 5.74) is 2.60. The Balaban J connectivity index is 1.58. The van der Waals surface area contributed by atoms with Gasteiger partial charge in [-0.05, 0) is 31.4 Å². The molecular formula is C19H22N2OS. The van der Waals surface area contributed by atoms with Gasteiger partial charge < -0.3 is 9.12 Å². The van der Waals surface area contributed by atoms with Crippen LogP contribution in [0.3, 0.4) is 0 Å². The monoisotopic (exact) mass is 326 g/mol. The summed E-state index contributed by atoms with van der Waals surface area (Å²) in [7, 11) is 0. The Bertz CT molecular complexity index is 760. The Morgan fingerprint density at radius 1 is 0.870 bits per heavy atom. The van der Waals surface area contributed by atoms with Crippen molar-refractivity contribution in [2.45, 2.75) is 25.8 Å². The third-order valence-electron chi connectivity index (χ3n) is 4.73. The first-order valence-electron chi connectivity index (χ1n) is 8.44. The van der Waals surface area contributed by atoms with Gasteiger partial charge in [0.2, 0.25) is 0 Å². The second-order valence-electron chi connectivity index (χ2n) is 6.20. The van der Waals surface area contributed by atoms with Crippen molar-refractivity contribution in [1.29, 1.82) is 0 Å². The van der Waals surface area contributed by atoms with E-state index in [1.54, 1.807) is 0 Å². The molecule has 1 atom stereocenters. The molecule has 3 nitrogen and oxygen atoms in total. The van der Waals surface area contributed by atoms with Crippen LogP contribution in [0.25, 0.3) is 21.8 Å². The molecule has 4 heteroatoms. The molecule has 0 bridgehead atoms. The standard InChI is InChI=1S/C19H22N2OS/c22-23-15-6-5-12-20(23)13-7-14-21-18-10-3-1-8-16(18)17-9-2-4-11-19(17)21/h1-4,8-11H,5-7,12-15H2. The summed E-state index contributed by atoms with van der Waals surface area (Å²) in [6.45, 7) is 2.88. The fraction of sp³-hybridized carbons (Fsp3) is 0.368. The fourth-order valence-electron chi connectivity index (χ4n) is 3.61. The third kappa shape index (κ3) is 2.87. The lowest BCUT2D eigenvalue weighted by molar-refractivity contribution is 0.371. The maximum absolute atomic E-state index is 12.0. The van der Waals surface area contributed by atoms with E-state index < -0.39 is 11.4 Å². The van der Waals surface area contributed by atoms with Gasteiger partial charge in [0, 0.05) is 52.8 Å². The molecule has 1 saturated heterocycles. The second kappa shape index (κ2) is 6.56. The Labute approximate surface area is 140 Å². The summed E-state index contributed by atoms with van der Waals surface area (Å²) in [4.78, 5) is 0. The topological polar surface area (TPSA) is 31.2 Å². The van der Waals surface area contributed by atoms with Gasteiger partial charge in [0.1, 0.15) is 5.75 Å². The fourth-order valence-corrected chi connectivity index (χ4v) is 4.98. The molecular weight excluding hydrogens is 304 g/mol. The van der Waals surface area contributed by atoms with E-state index in [2.05, 4.69) is 57.4 Å². The van der Waals surface area contributed by atoms with E-state index in [1.807, 2.05) is 0 Å². The molecule has 3 aromatic rings. The first kappa shape index (κ1) is 15.1. The van der Waals surface area contributed by atoms with Crippen LogP contribution in [0.2, 0.25) is 0 Å². The van der Waals surface area contributed by atoms with Gasteiger partial charge >= 0.3 is 0 Å². The first-order chi connectivity index (χ1) is 11.3. The van der Waals surface area contributed by atoms with E-state index in [4.69, 9.17) is 0 Å². The lowest BCUT2D eigenvalue weighted by atomic mass is 10.2. The van der Waals surface area contributed by atoms with Crippen molar-refractivity contribution in [1.82, 2.24) is 8.87 Å². The Hall–Kier alpha value is -1.49. The minimum atomic E-state index is -0.756. The zero-order valence-electron chi connectivity index (χ0n) is 13.3. The summed E-state index contributed by atoms with van der Waals surface area (Å²) in [5, 5.41) is 2.65. The van der Waals surface area contributed by atoms with Crippen molar-refractivity contribution in [3.8, 4) is 0 Å². The van der Waals surface area contributed by atoms with E-state index in [-0.39, 0.29) is 0 Å². The minimum absolute atomic E-state index is 0.756. The summed E-state index contributed by atoms with van der Waals surface area (Å²) in [6, 6.07) is 17.2. The number of hydrogen-bond acceptors (Lipinski definition) is 2. The van der Waals surface area contributed by atoms with Crippen molar-refractivity contribution in [2.24, 2.45) is 0 Å². The van der Waals surface area contributed by atoms with Crippen molar-refractivity contribution in [3.05, 3.63) is 48.5 Å². The van der Waals surface area contributed by atoms with Gasteiger partial charge in [-0.3, -0.25) is 0 Å². The van der Waals surface area contributed by atoms with Gasteiger partial charge in [-0.25, -0.2) is 0 Å². The number of fused-ring (bicyclic) bond motifs is 3. The van der Waals surface area contributed by atoms with E-state index in [1.165, 1.54) is 28.2 Å². The maximum atomic E-state index is 12.0. The molecule has 0 spiro atoms. The van der Waals surface area contributed by atoms with Gasteiger partial charge in [-0.2, -0.15) is 0 Å². The van der Waals surface area contributed by atoms with E-state index >= 15 is 0 Å². The molecule has 1 aromatic heterocycles. The average Bonchev–Trinajstić information content (AvgIpc) is 2.91. The van der Waals surface area contributed by atoms with Crippen LogP contribution < -0.4 is 0 Å². The van der Waals surface area contributed by atoms with Gasteiger partial charge in [0.25, 0.3) is 0 Å². The SMILES string of the molecule is [O-][S+]1CCCCN1CCCn1c2ccccc2c2ccccc21. The number of aromatic nitrogens is 1. The van der Waals surface area contributed by atoms with Gasteiger partial charge in [0.05, 0.1) is 0 Å². The smallest absolute Gasteiger partial charge is 0.125 e. The molecule has 120 valence electrons. The van der Waals surface area contributed by atoms with Gasteiger partial charge in [-0.1, -0.05) is 36.4 Å². The molecule has 1 aliphatic heterocycles. The summed E-state index contributed by atoms with van der Waals surface area (Å²) in [6.07, 6.45) is 3.32. The van der Waals surface area contributed by atoms with Crippen LogP contribution in [-0.2, 0) is 17.9 Å². The summed E-state index contributed by atoms with van der Waals surface area (Å²) in [5.74, 6) is 0.843. The predicted octanol–water partition coefficient (Wildman–Crippen LogP) is 3.94. The number of nitrogens with zero attached hydrogens (tertiary/aromatic N) is 2. The average molecular weight is 326 g/mol. The molecule has 0 N–H and O–H groups in total. The highest BCUT2D eigenvalue weighted by Gasteiger charge is 2.23. The Morgan fingerprint density at radius 2 is 1.52 bits per heavy atom. The number of benzene rings is 2. The Kier molecular flexibility index (Phi) is 4.29. The maximum Gasteiger partial charge on any atom is 0.125 e. The molecule has 4 rings (SSSR count). The normalized spacial score (nSPS) is 19.6. The molecule has 2 aromatic carbocycles. The van der Waals surface area contributed by atoms with Gasteiger partial charge in [-0.15, -0.1) is 4.31 Å². The lowest BCUT2D eigenvalue weighted by Gasteiger charge is -2.28. The third-order valence-corrected chi connectivity index (χ3v) is 6.31. The van der Waals surface area contributed by atoms with Crippen molar-refractivity contribution in [2.75, 3.05) is 18.8 Å². The van der Waals surface area contributed by atoms with Crippen molar-refractivity contribution >= 4 is 33.2 Å². The van der Waals surface area contributed by atoms with Crippen LogP contribution in [-0.4, -0.2) is 32.3 Å². The molecule has 1 aliphatic rings. The highest BCUT2D eigenvalue weighted by Crippen LogP contribution is 2.29. The molecule has 2 heterocycles. The number of hydrogen-bond donors (Lipinski definition) is 0. The van der Waals surface area contributed by atoms with E-state index in [9.17, 15) is 4.55 Å². The lowest BCUT2D eigenvalue weighted by Crippen LogP contribution is -2.38. The molecule has 0 radical (unpaired) electrons. The highest BCUT2D eigenvalue weighted by molar-refractivity contribution is 7.89. The largest absolute Gasteiger partial charge is 0.598 e. The molecule has 1 unspecified atom stereocenters. The zero-order valence-corrected chi connectivity index (χ0v) is 14.1. The number of aryl methyl sites for hydroxylation is 1. The van der Waals surface area contributed by atoms with Crippen LogP contribution >= 0.6 is 0 Å². The summed E-state index contributed by atoms with van der Waals surface area (Å²) < 4.78 is 16.6. The zero-order chi connectivity index (χ0) is 15.6. The molecule has 0 aliphatic carbocycles. The van der Waals surface area contributed by atoms with E-state index in [0.717, 1.165) is 38.2 Å². The molecule has 0 amide bonds. The molecule has 23 heavy (non-hydrogen) atoms.